The zero-order valence-electron chi connectivity index (χ0n) is 39.4. The number of phenolic OH excluding ortho intramolecular Hbond substituents is 1. The first-order chi connectivity index (χ1) is 32.6. The lowest BCUT2D eigenvalue weighted by Crippen LogP contribution is -2.49. The molecule has 372 valence electrons. The van der Waals surface area contributed by atoms with Crippen LogP contribution in [0.2, 0.25) is 0 Å². The number of carbonyl (C=O) groups is 5. The van der Waals surface area contributed by atoms with Gasteiger partial charge in [-0.15, -0.1) is 5.11 Å². The van der Waals surface area contributed by atoms with Gasteiger partial charge in [0.15, 0.2) is 5.75 Å². The summed E-state index contributed by atoms with van der Waals surface area (Å²) < 4.78 is 43.7. The molecule has 0 aromatic heterocycles. The molecular weight excluding hydrogens is 915 g/mol. The van der Waals surface area contributed by atoms with Crippen molar-refractivity contribution in [2.75, 3.05) is 76.7 Å². The second kappa shape index (κ2) is 24.0. The molecule has 0 bridgehead atoms. The number of hydrogen-bond donors (Lipinski definition) is 7. The maximum absolute atomic E-state index is 14.0. The van der Waals surface area contributed by atoms with Crippen molar-refractivity contribution in [3.63, 3.8) is 0 Å². The van der Waals surface area contributed by atoms with E-state index in [9.17, 15) is 47.2 Å². The molecule has 1 heterocycles. The number of carboxylic acids is 1. The first-order valence-corrected chi connectivity index (χ1v) is 23.7. The minimum Gasteiger partial charge on any atom is -0.505 e. The van der Waals surface area contributed by atoms with Crippen molar-refractivity contribution in [2.45, 2.75) is 70.4 Å². The Bertz CT molecular complexity index is 2660. The van der Waals surface area contributed by atoms with Crippen LogP contribution < -0.4 is 21.7 Å². The number of rotatable bonds is 19. The summed E-state index contributed by atoms with van der Waals surface area (Å²) in [7, 11) is -4.60. The van der Waals surface area contributed by atoms with Crippen LogP contribution in [0, 0.1) is 13.8 Å². The Balaban J connectivity index is 1.28. The van der Waals surface area contributed by atoms with Gasteiger partial charge in [-0.05, 0) is 119 Å². The van der Waals surface area contributed by atoms with E-state index < -0.39 is 56.3 Å². The average molecular weight is 976 g/mol. The molecule has 1 saturated heterocycles. The zero-order chi connectivity index (χ0) is 50.5. The predicted molar refractivity (Wildman–Crippen MR) is 258 cm³/mol. The van der Waals surface area contributed by atoms with Crippen LogP contribution in [0.3, 0.4) is 0 Å². The predicted octanol–water partition coefficient (Wildman–Crippen LogP) is 5.33. The highest BCUT2D eigenvalue weighted by Crippen LogP contribution is 2.41. The Morgan fingerprint density at radius 1 is 0.841 bits per heavy atom. The Morgan fingerprint density at radius 2 is 1.45 bits per heavy atom. The number of nitrogens with two attached hydrogens (primary N) is 1. The number of ether oxygens (including phenoxy) is 2. The van der Waals surface area contributed by atoms with Crippen molar-refractivity contribution < 1.29 is 56.6 Å². The van der Waals surface area contributed by atoms with Crippen molar-refractivity contribution in [1.29, 1.82) is 0 Å². The number of azo groups is 1. The van der Waals surface area contributed by atoms with E-state index in [0.717, 1.165) is 28.3 Å². The van der Waals surface area contributed by atoms with Crippen molar-refractivity contribution in [2.24, 2.45) is 10.2 Å². The Labute approximate surface area is 400 Å². The molecule has 5 rings (SSSR count). The normalized spacial score (nSPS) is 14.9. The van der Waals surface area contributed by atoms with Gasteiger partial charge in [0, 0.05) is 62.6 Å². The van der Waals surface area contributed by atoms with E-state index in [0.29, 0.717) is 70.0 Å². The van der Waals surface area contributed by atoms with Crippen LogP contribution in [0.5, 0.6) is 5.75 Å². The topological polar surface area (TPSA) is 295 Å². The van der Waals surface area contributed by atoms with Gasteiger partial charge in [0.25, 0.3) is 16.6 Å². The molecule has 8 N–H and O–H groups in total. The van der Waals surface area contributed by atoms with Gasteiger partial charge in [0.2, 0.25) is 11.8 Å². The summed E-state index contributed by atoms with van der Waals surface area (Å²) in [4.78, 5) is 67.4. The second-order valence-corrected chi connectivity index (χ2v) is 19.1. The third kappa shape index (κ3) is 15.9. The number of aliphatic carboxylic acids is 1. The highest BCUT2D eigenvalue weighted by atomic mass is 32.2. The van der Waals surface area contributed by atoms with Crippen molar-refractivity contribution in [3.05, 3.63) is 71.8 Å². The van der Waals surface area contributed by atoms with Crippen LogP contribution in [0.25, 0.3) is 21.9 Å². The lowest BCUT2D eigenvalue weighted by atomic mass is 10.00. The number of fused-ring (bicyclic) bond motifs is 1. The molecule has 1 atom stereocenters. The smallest absolute Gasteiger partial charge is 0.407 e. The Morgan fingerprint density at radius 3 is 2.06 bits per heavy atom. The highest BCUT2D eigenvalue weighted by Gasteiger charge is 2.25. The lowest BCUT2D eigenvalue weighted by molar-refractivity contribution is -0.138. The number of unbranched alkanes of at least 4 members (excludes halogenated alkanes) is 1. The number of aromatic hydroxyl groups is 1. The summed E-state index contributed by atoms with van der Waals surface area (Å²) in [6.45, 7) is 11.8. The van der Waals surface area contributed by atoms with E-state index in [1.54, 1.807) is 37.8 Å². The number of aryl methyl sites for hydroxylation is 2. The van der Waals surface area contributed by atoms with E-state index in [-0.39, 0.29) is 54.9 Å². The molecule has 1 aliphatic rings. The van der Waals surface area contributed by atoms with Gasteiger partial charge in [-0.1, -0.05) is 18.2 Å². The molecule has 0 radical (unpaired) electrons. The van der Waals surface area contributed by atoms with E-state index in [4.69, 9.17) is 15.2 Å². The van der Waals surface area contributed by atoms with Crippen LogP contribution >= 0.6 is 0 Å². The van der Waals surface area contributed by atoms with Gasteiger partial charge in [-0.2, -0.15) is 13.5 Å². The zero-order valence-corrected chi connectivity index (χ0v) is 40.2. The highest BCUT2D eigenvalue weighted by molar-refractivity contribution is 7.86. The number of anilines is 2. The monoisotopic (exact) mass is 975 g/mol. The van der Waals surface area contributed by atoms with Crippen molar-refractivity contribution in [1.82, 2.24) is 25.3 Å². The summed E-state index contributed by atoms with van der Waals surface area (Å²) in [5.41, 5.74) is 9.65. The molecule has 69 heavy (non-hydrogen) atoms. The second-order valence-electron chi connectivity index (χ2n) is 17.7. The molecule has 0 spiro atoms. The molecule has 4 aromatic carbocycles. The largest absolute Gasteiger partial charge is 0.505 e. The average Bonchev–Trinajstić information content (AvgIpc) is 3.35. The number of carbonyl (C=O) groups excluding carboxylic acids is 4. The van der Waals surface area contributed by atoms with E-state index in [1.165, 1.54) is 18.2 Å². The number of nitrogen functional groups attached to an aromatic ring is 1. The van der Waals surface area contributed by atoms with E-state index in [2.05, 4.69) is 26.2 Å². The first kappa shape index (κ1) is 53.2. The fourth-order valence-electron chi connectivity index (χ4n) is 7.63. The van der Waals surface area contributed by atoms with Crippen molar-refractivity contribution in [3.8, 4) is 16.9 Å². The number of nitrogens with zero attached hydrogens (tertiary/aromatic N) is 5. The first-order valence-electron chi connectivity index (χ1n) is 22.3. The summed E-state index contributed by atoms with van der Waals surface area (Å²) in [6.07, 6.45) is 0.657. The van der Waals surface area contributed by atoms with Crippen LogP contribution in [-0.4, -0.2) is 146 Å². The fraction of sp³-hybridized carbons (Fsp3) is 0.426. The van der Waals surface area contributed by atoms with E-state index in [1.807, 2.05) is 47.9 Å². The number of alkyl carbamates (subject to hydrolysis) is 1. The van der Waals surface area contributed by atoms with Crippen LogP contribution in [-0.2, 0) is 38.8 Å². The maximum atomic E-state index is 14.0. The fourth-order valence-corrected chi connectivity index (χ4v) is 8.31. The van der Waals surface area contributed by atoms with Gasteiger partial charge in [-0.25, -0.2) is 4.79 Å². The minimum atomic E-state index is -4.60. The number of benzene rings is 4. The van der Waals surface area contributed by atoms with Crippen LogP contribution in [0.4, 0.5) is 27.5 Å². The molecule has 0 saturated carbocycles. The van der Waals surface area contributed by atoms with Gasteiger partial charge in [0.1, 0.15) is 29.0 Å². The van der Waals surface area contributed by atoms with Gasteiger partial charge in [-0.3, -0.25) is 38.4 Å². The molecule has 1 fully saturated rings. The molecule has 0 unspecified atom stereocenters. The third-order valence-electron chi connectivity index (χ3n) is 11.2. The molecule has 22 heteroatoms. The van der Waals surface area contributed by atoms with Gasteiger partial charge >= 0.3 is 12.1 Å². The molecule has 4 aromatic rings. The molecule has 0 aliphatic carbocycles. The quantitative estimate of drug-likeness (QED) is 0.0205. The third-order valence-corrected chi connectivity index (χ3v) is 12.1. The molecule has 3 amide bonds. The standard InChI is InChI=1S/C47H61N9O12S/c1-30-24-32(33-10-14-37(31(2)25-33)52-53-38-15-11-34-40(69(64,65)66)16-12-35(48)43(34)44(38)61)9-13-36(30)51-45(62)39(8-6-7-17-49-46(63)68-47(3,4)5)50-41(58)26-54-18-19-55(27-42(59)60)21-23-56(22-20-54)28-67-29-57/h9-16,24-25,29,39,61H,6-8,17-23,26-28,48H2,1-5H3,(H,49,63)(H,50,58)(H,51,62)(H,59,60)(H,64,65,66)/t39-/m1/s1. The minimum absolute atomic E-state index is 0.00831. The van der Waals surface area contributed by atoms with Crippen LogP contribution in [0.1, 0.15) is 51.2 Å². The molecular formula is C47H61N9O12S. The number of amides is 3. The molecule has 21 nitrogen and oxygen atoms in total. The summed E-state index contributed by atoms with van der Waals surface area (Å²) >= 11 is 0. The van der Waals surface area contributed by atoms with Crippen LogP contribution in [0.15, 0.2) is 75.8 Å². The summed E-state index contributed by atoms with van der Waals surface area (Å²) in [5, 5.41) is 37.6. The summed E-state index contributed by atoms with van der Waals surface area (Å²) in [5.74, 6) is -2.25. The number of nitrogens with one attached hydrogen (secondary N) is 3. The number of phenols is 1. The number of carboxylic acid groups (broad SMARTS) is 1. The SMILES string of the molecule is Cc1cc(-c2ccc(NC(=O)[C@@H](CCCCNC(=O)OC(C)(C)C)NC(=O)CN3CCN(COC=O)CCN(CC(=O)O)CC3)c(C)c2)ccc1N=Nc1ccc2c(S(=O)(=O)O)ccc(N)c2c1O. The maximum Gasteiger partial charge on any atom is 0.407 e. The summed E-state index contributed by atoms with van der Waals surface area (Å²) in [6, 6.07) is 15.2. The Hall–Kier alpha value is -6.72. The van der Waals surface area contributed by atoms with Crippen molar-refractivity contribution >= 4 is 74.0 Å². The van der Waals surface area contributed by atoms with Gasteiger partial charge in [0.05, 0.1) is 24.2 Å². The number of hydrogen-bond acceptors (Lipinski definition) is 16. The Kier molecular flexibility index (Phi) is 18.5. The van der Waals surface area contributed by atoms with Gasteiger partial charge < -0.3 is 41.4 Å². The lowest BCUT2D eigenvalue weighted by Gasteiger charge is -2.26. The molecule has 1 aliphatic heterocycles. The van der Waals surface area contributed by atoms with E-state index >= 15 is 0 Å².